The summed E-state index contributed by atoms with van der Waals surface area (Å²) < 4.78 is 14.7. The van der Waals surface area contributed by atoms with Gasteiger partial charge in [-0.3, -0.25) is 0 Å². The quantitative estimate of drug-likeness (QED) is 0.355. The number of hydrogen-bond acceptors (Lipinski definition) is 5. The lowest BCUT2D eigenvalue weighted by Gasteiger charge is -2.04. The normalized spacial score (nSPS) is 11.2. The highest BCUT2D eigenvalue weighted by molar-refractivity contribution is 7.98. The van der Waals surface area contributed by atoms with Crippen LogP contribution in [-0.4, -0.2) is 25.0 Å². The zero-order valence-corrected chi connectivity index (χ0v) is 15.4. The highest BCUT2D eigenvalue weighted by atomic mass is 35.5. The van der Waals surface area contributed by atoms with E-state index >= 15 is 0 Å². The van der Waals surface area contributed by atoms with Crippen LogP contribution in [0.25, 0.3) is 16.9 Å². The zero-order valence-electron chi connectivity index (χ0n) is 13.1. The third kappa shape index (κ3) is 3.38. The summed E-state index contributed by atoms with van der Waals surface area (Å²) in [4.78, 5) is 8.56. The van der Waals surface area contributed by atoms with E-state index in [-0.39, 0.29) is 5.82 Å². The van der Waals surface area contributed by atoms with Gasteiger partial charge in [0.2, 0.25) is 0 Å². The van der Waals surface area contributed by atoms with Crippen molar-refractivity contribution < 1.29 is 4.39 Å². The van der Waals surface area contributed by atoms with Gasteiger partial charge in [-0.25, -0.2) is 14.4 Å². The highest BCUT2D eigenvalue weighted by Crippen LogP contribution is 2.29. The number of fused-ring (bicyclic) bond motifs is 1. The molecule has 0 aliphatic heterocycles. The molecule has 5 nitrogen and oxygen atoms in total. The fourth-order valence-corrected chi connectivity index (χ4v) is 3.57. The molecule has 0 atom stereocenters. The van der Waals surface area contributed by atoms with Gasteiger partial charge < -0.3 is 0 Å². The maximum atomic E-state index is 13.1. The molecule has 0 unspecified atom stereocenters. The van der Waals surface area contributed by atoms with E-state index in [2.05, 4.69) is 20.3 Å². The van der Waals surface area contributed by atoms with Gasteiger partial charge >= 0.3 is 0 Å². The second-order valence-electron chi connectivity index (χ2n) is 5.37. The maximum Gasteiger partial charge on any atom is 0.187 e. The maximum absolute atomic E-state index is 13.1. The van der Waals surface area contributed by atoms with Crippen molar-refractivity contribution >= 4 is 46.1 Å². The average molecular weight is 406 g/mol. The van der Waals surface area contributed by atoms with Gasteiger partial charge in [0.05, 0.1) is 15.7 Å². The van der Waals surface area contributed by atoms with E-state index in [1.54, 1.807) is 22.9 Å². The molecule has 0 fully saturated rings. The van der Waals surface area contributed by atoms with Crippen LogP contribution in [0.5, 0.6) is 0 Å². The van der Waals surface area contributed by atoms with Crippen LogP contribution in [0.3, 0.4) is 0 Å². The van der Waals surface area contributed by atoms with Crippen LogP contribution in [0.1, 0.15) is 5.56 Å². The van der Waals surface area contributed by atoms with Crippen molar-refractivity contribution in [2.75, 3.05) is 0 Å². The summed E-state index contributed by atoms with van der Waals surface area (Å²) >= 11 is 13.5. The van der Waals surface area contributed by atoms with Crippen molar-refractivity contribution in [3.8, 4) is 5.69 Å². The number of halogens is 3. The fraction of sp³-hybridized carbons (Fsp3) is 0.0588. The van der Waals surface area contributed by atoms with Gasteiger partial charge in [0.25, 0.3) is 0 Å². The van der Waals surface area contributed by atoms with E-state index < -0.39 is 0 Å². The second kappa shape index (κ2) is 7.19. The third-order valence-electron chi connectivity index (χ3n) is 3.63. The molecule has 4 rings (SSSR count). The Morgan fingerprint density at radius 3 is 2.58 bits per heavy atom. The predicted octanol–water partition coefficient (Wildman–Crippen LogP) is 4.95. The molecule has 0 bridgehead atoms. The lowest BCUT2D eigenvalue weighted by atomic mass is 10.2. The molecule has 0 saturated heterocycles. The molecule has 2 aromatic heterocycles. The van der Waals surface area contributed by atoms with E-state index in [1.807, 2.05) is 12.1 Å². The lowest BCUT2D eigenvalue weighted by molar-refractivity contribution is 0.627. The topological polar surface area (TPSA) is 56.5 Å². The minimum atomic E-state index is -0.314. The number of nitrogens with zero attached hydrogens (tertiary/aromatic N) is 5. The molecule has 0 amide bonds. The van der Waals surface area contributed by atoms with Crippen molar-refractivity contribution in [3.63, 3.8) is 0 Å². The number of benzene rings is 2. The van der Waals surface area contributed by atoms with E-state index in [0.29, 0.717) is 37.7 Å². The van der Waals surface area contributed by atoms with Crippen LogP contribution in [0.15, 0.2) is 53.8 Å². The average Bonchev–Trinajstić information content (AvgIpc) is 3.08. The molecule has 0 radical (unpaired) electrons. The van der Waals surface area contributed by atoms with E-state index in [4.69, 9.17) is 23.2 Å². The molecule has 0 aliphatic carbocycles. The summed E-state index contributed by atoms with van der Waals surface area (Å²) in [6.45, 7) is 0. The van der Waals surface area contributed by atoms with Crippen LogP contribution in [-0.2, 0) is 5.75 Å². The van der Waals surface area contributed by atoms with Gasteiger partial charge in [-0.05, 0) is 42.0 Å². The summed E-state index contributed by atoms with van der Waals surface area (Å²) in [6.07, 6.45) is 1.46. The summed E-state index contributed by atoms with van der Waals surface area (Å²) in [5.41, 5.74) is 2.83. The molecule has 26 heavy (non-hydrogen) atoms. The smallest absolute Gasteiger partial charge is 0.187 e. The molecule has 2 aromatic carbocycles. The van der Waals surface area contributed by atoms with Gasteiger partial charge in [-0.1, -0.05) is 46.2 Å². The van der Waals surface area contributed by atoms with Crippen LogP contribution in [0.2, 0.25) is 10.0 Å². The Kier molecular flexibility index (Phi) is 4.76. The predicted molar refractivity (Wildman–Crippen MR) is 100 cm³/mol. The van der Waals surface area contributed by atoms with E-state index in [1.165, 1.54) is 30.2 Å². The molecule has 0 saturated carbocycles. The van der Waals surface area contributed by atoms with Gasteiger partial charge in [0, 0.05) is 5.75 Å². The van der Waals surface area contributed by atoms with Gasteiger partial charge in [0.1, 0.15) is 17.2 Å². The summed E-state index contributed by atoms with van der Waals surface area (Å²) in [5, 5.41) is 10.1. The number of rotatable bonds is 4. The molecule has 2 heterocycles. The molecular weight excluding hydrogens is 396 g/mol. The van der Waals surface area contributed by atoms with Crippen LogP contribution < -0.4 is 0 Å². The Morgan fingerprint density at radius 2 is 1.81 bits per heavy atom. The number of aromatic nitrogens is 5. The Morgan fingerprint density at radius 1 is 1.00 bits per heavy atom. The SMILES string of the molecule is Fc1ccc(-n2nnc3c(SCc4ccc(Cl)c(Cl)c4)ncnc32)cc1. The third-order valence-corrected chi connectivity index (χ3v) is 5.42. The molecule has 0 aliphatic rings. The summed E-state index contributed by atoms with van der Waals surface area (Å²) in [7, 11) is 0. The minimum absolute atomic E-state index is 0.314. The summed E-state index contributed by atoms with van der Waals surface area (Å²) in [5.74, 6) is 0.331. The number of hydrogen-bond donors (Lipinski definition) is 0. The van der Waals surface area contributed by atoms with Gasteiger partial charge in [0.15, 0.2) is 11.2 Å². The van der Waals surface area contributed by atoms with Gasteiger partial charge in [-0.2, -0.15) is 4.68 Å². The summed E-state index contributed by atoms with van der Waals surface area (Å²) in [6, 6.07) is 11.5. The molecule has 9 heteroatoms. The first kappa shape index (κ1) is 17.2. The lowest BCUT2D eigenvalue weighted by Crippen LogP contribution is -1.98. The Bertz CT molecular complexity index is 1080. The van der Waals surface area contributed by atoms with Crippen molar-refractivity contribution in [2.24, 2.45) is 0 Å². The second-order valence-corrected chi connectivity index (χ2v) is 7.14. The Hall–Kier alpha value is -2.22. The van der Waals surface area contributed by atoms with Crippen molar-refractivity contribution in [1.29, 1.82) is 0 Å². The number of thioether (sulfide) groups is 1. The Labute approximate surface area is 162 Å². The Balaban J connectivity index is 1.64. The van der Waals surface area contributed by atoms with Crippen LogP contribution in [0.4, 0.5) is 4.39 Å². The standard InChI is InChI=1S/C17H10Cl2FN5S/c18-13-6-1-10(7-14(13)19)8-26-17-15-16(21-9-22-17)25(24-23-15)12-4-2-11(20)3-5-12/h1-7,9H,8H2. The largest absolute Gasteiger partial charge is 0.227 e. The van der Waals surface area contributed by atoms with Crippen molar-refractivity contribution in [3.05, 3.63) is 70.2 Å². The van der Waals surface area contributed by atoms with Crippen LogP contribution in [0, 0.1) is 5.82 Å². The van der Waals surface area contributed by atoms with E-state index in [0.717, 1.165) is 5.56 Å². The fourth-order valence-electron chi connectivity index (χ4n) is 2.37. The minimum Gasteiger partial charge on any atom is -0.227 e. The molecule has 130 valence electrons. The van der Waals surface area contributed by atoms with Gasteiger partial charge in [-0.15, -0.1) is 5.10 Å². The molecule has 4 aromatic rings. The molecule has 0 spiro atoms. The first-order valence-electron chi connectivity index (χ1n) is 7.51. The zero-order chi connectivity index (χ0) is 18.1. The highest BCUT2D eigenvalue weighted by Gasteiger charge is 2.14. The molecular formula is C17H10Cl2FN5S. The van der Waals surface area contributed by atoms with Crippen LogP contribution >= 0.6 is 35.0 Å². The monoisotopic (exact) mass is 405 g/mol. The molecule has 0 N–H and O–H groups in total. The van der Waals surface area contributed by atoms with E-state index in [9.17, 15) is 4.39 Å². The first-order chi connectivity index (χ1) is 12.6. The van der Waals surface area contributed by atoms with Crippen molar-refractivity contribution in [2.45, 2.75) is 10.8 Å². The first-order valence-corrected chi connectivity index (χ1v) is 9.25. The van der Waals surface area contributed by atoms with Crippen molar-refractivity contribution in [1.82, 2.24) is 25.0 Å².